The van der Waals surface area contributed by atoms with Gasteiger partial charge >= 0.3 is 0 Å². The van der Waals surface area contributed by atoms with Crippen LogP contribution in [-0.2, 0) is 6.61 Å². The number of piperazine rings is 1. The maximum Gasteiger partial charge on any atom is 0.121 e. The Kier molecular flexibility index (Phi) is 4.63. The fraction of sp³-hybridized carbons (Fsp3) is 0.294. The van der Waals surface area contributed by atoms with E-state index < -0.39 is 0 Å². The summed E-state index contributed by atoms with van der Waals surface area (Å²) in [4.78, 5) is 2.38. The van der Waals surface area contributed by atoms with Crippen molar-refractivity contribution in [2.24, 2.45) is 0 Å². The lowest BCUT2D eigenvalue weighted by Gasteiger charge is -2.29. The summed E-state index contributed by atoms with van der Waals surface area (Å²) in [5.41, 5.74) is 2.34. The Morgan fingerprint density at radius 3 is 2.57 bits per heavy atom. The van der Waals surface area contributed by atoms with Crippen LogP contribution in [0.5, 0.6) is 5.75 Å². The molecule has 1 aliphatic rings. The van der Waals surface area contributed by atoms with Gasteiger partial charge in [-0.05, 0) is 29.8 Å². The molecule has 2 aromatic carbocycles. The monoisotopic (exact) mass is 302 g/mol. The van der Waals surface area contributed by atoms with Crippen LogP contribution < -0.4 is 15.0 Å². The van der Waals surface area contributed by atoms with Gasteiger partial charge in [0.05, 0.1) is 0 Å². The zero-order valence-electron chi connectivity index (χ0n) is 11.9. The number of rotatable bonds is 4. The van der Waals surface area contributed by atoms with Crippen LogP contribution in [0.4, 0.5) is 5.69 Å². The summed E-state index contributed by atoms with van der Waals surface area (Å²) < 4.78 is 5.88. The van der Waals surface area contributed by atoms with Crippen LogP contribution in [0.15, 0.2) is 48.5 Å². The van der Waals surface area contributed by atoms with Gasteiger partial charge in [0.2, 0.25) is 0 Å². The highest BCUT2D eigenvalue weighted by Gasteiger charge is 2.10. The van der Waals surface area contributed by atoms with E-state index in [-0.39, 0.29) is 0 Å². The van der Waals surface area contributed by atoms with Crippen molar-refractivity contribution in [1.29, 1.82) is 0 Å². The molecule has 0 unspecified atom stereocenters. The van der Waals surface area contributed by atoms with Gasteiger partial charge in [0.25, 0.3) is 0 Å². The molecule has 3 rings (SSSR count). The standard InChI is InChI=1S/C17H19ClN2O/c18-15-6-4-14(5-7-15)13-21-17-3-1-2-16(12-17)20-10-8-19-9-11-20/h1-7,12,19H,8-11,13H2. The Bertz CT molecular complexity index is 580. The van der Waals surface area contributed by atoms with E-state index in [1.54, 1.807) is 0 Å². The predicted molar refractivity (Wildman–Crippen MR) is 87.3 cm³/mol. The number of anilines is 1. The Balaban J connectivity index is 1.64. The van der Waals surface area contributed by atoms with Crippen molar-refractivity contribution in [3.8, 4) is 5.75 Å². The van der Waals surface area contributed by atoms with Crippen molar-refractivity contribution in [2.45, 2.75) is 6.61 Å². The van der Waals surface area contributed by atoms with Crippen molar-refractivity contribution in [3.05, 3.63) is 59.1 Å². The SMILES string of the molecule is Clc1ccc(COc2cccc(N3CCNCC3)c2)cc1. The third-order valence-electron chi connectivity index (χ3n) is 3.62. The Labute approximate surface area is 130 Å². The molecule has 21 heavy (non-hydrogen) atoms. The smallest absolute Gasteiger partial charge is 0.121 e. The second kappa shape index (κ2) is 6.83. The zero-order valence-corrected chi connectivity index (χ0v) is 12.6. The highest BCUT2D eigenvalue weighted by molar-refractivity contribution is 6.30. The van der Waals surface area contributed by atoms with E-state index in [2.05, 4.69) is 28.4 Å². The van der Waals surface area contributed by atoms with Crippen LogP contribution >= 0.6 is 11.6 Å². The first-order valence-corrected chi connectivity index (χ1v) is 7.62. The van der Waals surface area contributed by atoms with Gasteiger partial charge in [-0.25, -0.2) is 0 Å². The summed E-state index contributed by atoms with van der Waals surface area (Å²) in [5, 5.41) is 4.12. The molecule has 0 bridgehead atoms. The van der Waals surface area contributed by atoms with E-state index in [1.807, 2.05) is 30.3 Å². The molecular formula is C17H19ClN2O. The van der Waals surface area contributed by atoms with E-state index in [0.717, 1.165) is 42.5 Å². The summed E-state index contributed by atoms with van der Waals surface area (Å²) in [6.45, 7) is 4.72. The number of benzene rings is 2. The predicted octanol–water partition coefficient (Wildman–Crippen LogP) is 3.33. The maximum absolute atomic E-state index is 5.88. The molecule has 0 aromatic heterocycles. The van der Waals surface area contributed by atoms with Crippen molar-refractivity contribution >= 4 is 17.3 Å². The van der Waals surface area contributed by atoms with Gasteiger partial charge in [-0.15, -0.1) is 0 Å². The molecule has 1 saturated heterocycles. The van der Waals surface area contributed by atoms with Gasteiger partial charge in [-0.1, -0.05) is 29.8 Å². The van der Waals surface area contributed by atoms with Gasteiger partial charge in [-0.2, -0.15) is 0 Å². The maximum atomic E-state index is 5.88. The molecule has 0 saturated carbocycles. The molecule has 0 amide bonds. The second-order valence-corrected chi connectivity index (χ2v) is 5.59. The average molecular weight is 303 g/mol. The minimum atomic E-state index is 0.558. The fourth-order valence-electron chi connectivity index (χ4n) is 2.44. The fourth-order valence-corrected chi connectivity index (χ4v) is 2.57. The number of nitrogens with zero attached hydrogens (tertiary/aromatic N) is 1. The lowest BCUT2D eigenvalue weighted by Crippen LogP contribution is -2.43. The molecule has 0 atom stereocenters. The molecule has 110 valence electrons. The summed E-state index contributed by atoms with van der Waals surface area (Å²) in [7, 11) is 0. The molecule has 0 spiro atoms. The first-order chi connectivity index (χ1) is 10.3. The normalized spacial score (nSPS) is 15.0. The van der Waals surface area contributed by atoms with E-state index in [0.29, 0.717) is 6.61 Å². The van der Waals surface area contributed by atoms with Crippen LogP contribution in [-0.4, -0.2) is 26.2 Å². The van der Waals surface area contributed by atoms with Gasteiger partial charge < -0.3 is 15.0 Å². The van der Waals surface area contributed by atoms with E-state index in [1.165, 1.54) is 5.69 Å². The molecule has 0 aliphatic carbocycles. The zero-order chi connectivity index (χ0) is 14.5. The first kappa shape index (κ1) is 14.2. The number of halogens is 1. The number of nitrogens with one attached hydrogen (secondary N) is 1. The van der Waals surface area contributed by atoms with E-state index in [4.69, 9.17) is 16.3 Å². The van der Waals surface area contributed by atoms with Crippen LogP contribution in [0.25, 0.3) is 0 Å². The lowest BCUT2D eigenvalue weighted by atomic mass is 10.2. The van der Waals surface area contributed by atoms with Crippen LogP contribution in [0, 0.1) is 0 Å². The molecule has 2 aromatic rings. The van der Waals surface area contributed by atoms with Crippen LogP contribution in [0.3, 0.4) is 0 Å². The summed E-state index contributed by atoms with van der Waals surface area (Å²) in [6, 6.07) is 16.1. The third-order valence-corrected chi connectivity index (χ3v) is 3.87. The van der Waals surface area contributed by atoms with Gasteiger partial charge in [0, 0.05) is 43.0 Å². The Morgan fingerprint density at radius 2 is 1.81 bits per heavy atom. The van der Waals surface area contributed by atoms with Gasteiger partial charge in [-0.3, -0.25) is 0 Å². The van der Waals surface area contributed by atoms with Crippen molar-refractivity contribution in [2.75, 3.05) is 31.1 Å². The Morgan fingerprint density at radius 1 is 1.05 bits per heavy atom. The molecular weight excluding hydrogens is 284 g/mol. The molecule has 1 N–H and O–H groups in total. The molecule has 3 nitrogen and oxygen atoms in total. The molecule has 1 fully saturated rings. The summed E-state index contributed by atoms with van der Waals surface area (Å²) >= 11 is 5.88. The van der Waals surface area contributed by atoms with Crippen molar-refractivity contribution < 1.29 is 4.74 Å². The number of hydrogen-bond donors (Lipinski definition) is 1. The summed E-state index contributed by atoms with van der Waals surface area (Å²) in [6.07, 6.45) is 0. The first-order valence-electron chi connectivity index (χ1n) is 7.24. The Hall–Kier alpha value is -1.71. The molecule has 1 aliphatic heterocycles. The highest BCUT2D eigenvalue weighted by Crippen LogP contribution is 2.22. The van der Waals surface area contributed by atoms with E-state index >= 15 is 0 Å². The number of hydrogen-bond acceptors (Lipinski definition) is 3. The molecule has 0 radical (unpaired) electrons. The third kappa shape index (κ3) is 3.90. The number of ether oxygens (including phenoxy) is 1. The van der Waals surface area contributed by atoms with Crippen LogP contribution in [0.1, 0.15) is 5.56 Å². The lowest BCUT2D eigenvalue weighted by molar-refractivity contribution is 0.306. The minimum absolute atomic E-state index is 0.558. The summed E-state index contributed by atoms with van der Waals surface area (Å²) in [5.74, 6) is 0.904. The van der Waals surface area contributed by atoms with Crippen molar-refractivity contribution in [1.82, 2.24) is 5.32 Å². The van der Waals surface area contributed by atoms with Crippen LogP contribution in [0.2, 0.25) is 5.02 Å². The molecule has 1 heterocycles. The van der Waals surface area contributed by atoms with E-state index in [9.17, 15) is 0 Å². The molecule has 4 heteroatoms. The van der Waals surface area contributed by atoms with Crippen molar-refractivity contribution in [3.63, 3.8) is 0 Å². The second-order valence-electron chi connectivity index (χ2n) is 5.15. The quantitative estimate of drug-likeness (QED) is 0.937. The average Bonchev–Trinajstić information content (AvgIpc) is 2.55. The largest absolute Gasteiger partial charge is 0.489 e. The highest BCUT2D eigenvalue weighted by atomic mass is 35.5. The van der Waals surface area contributed by atoms with Gasteiger partial charge in [0.1, 0.15) is 12.4 Å². The minimum Gasteiger partial charge on any atom is -0.489 e. The topological polar surface area (TPSA) is 24.5 Å². The van der Waals surface area contributed by atoms with Gasteiger partial charge in [0.15, 0.2) is 0 Å².